The third-order valence-electron chi connectivity index (χ3n) is 7.02. The largest absolute Gasteiger partial charge is 0.472 e. The molecule has 0 amide bonds. The van der Waals surface area contributed by atoms with Crippen LogP contribution in [-0.2, 0) is 0 Å². The molecule has 2 atom stereocenters. The van der Waals surface area contributed by atoms with Gasteiger partial charge >= 0.3 is 0 Å². The van der Waals surface area contributed by atoms with Crippen LogP contribution in [0.1, 0.15) is 32.6 Å². The minimum absolute atomic E-state index is 0.137. The maximum atomic E-state index is 6.10. The van der Waals surface area contributed by atoms with E-state index < -0.39 is 0 Å². The normalized spacial score (nSPS) is 20.8. The minimum Gasteiger partial charge on any atom is -0.472 e. The lowest BCUT2D eigenvalue weighted by molar-refractivity contribution is 0.160. The summed E-state index contributed by atoms with van der Waals surface area (Å²) in [5.74, 6) is 2.23. The van der Waals surface area contributed by atoms with Crippen molar-refractivity contribution in [2.24, 2.45) is 5.92 Å². The van der Waals surface area contributed by atoms with E-state index >= 15 is 0 Å². The highest BCUT2D eigenvalue weighted by molar-refractivity contribution is 5.96. The van der Waals surface area contributed by atoms with Crippen LogP contribution < -0.4 is 15.0 Å². The molecule has 0 unspecified atom stereocenters. The van der Waals surface area contributed by atoms with Crippen LogP contribution in [0, 0.1) is 5.92 Å². The Labute approximate surface area is 205 Å². The highest BCUT2D eigenvalue weighted by atomic mass is 16.5. The summed E-state index contributed by atoms with van der Waals surface area (Å²) in [6, 6.07) is 6.31. The van der Waals surface area contributed by atoms with Crippen LogP contribution in [-0.4, -0.2) is 57.2 Å². The van der Waals surface area contributed by atoms with Gasteiger partial charge in [-0.3, -0.25) is 9.97 Å². The quantitative estimate of drug-likeness (QED) is 0.446. The average molecular weight is 470 g/mol. The lowest BCUT2D eigenvalue weighted by Gasteiger charge is -2.31. The van der Waals surface area contributed by atoms with Crippen LogP contribution in [0.5, 0.6) is 5.88 Å². The van der Waals surface area contributed by atoms with E-state index in [4.69, 9.17) is 19.7 Å². The van der Waals surface area contributed by atoms with Gasteiger partial charge in [-0.1, -0.05) is 13.0 Å². The molecular formula is C27H31N7O. The van der Waals surface area contributed by atoms with Gasteiger partial charge < -0.3 is 19.9 Å². The average Bonchev–Trinajstić information content (AvgIpc) is 3.33. The molecule has 6 rings (SSSR count). The number of nitrogens with zero attached hydrogens (tertiary/aromatic N) is 5. The predicted molar refractivity (Wildman–Crippen MR) is 137 cm³/mol. The van der Waals surface area contributed by atoms with Crippen molar-refractivity contribution in [3.05, 3.63) is 49.2 Å². The molecule has 3 aromatic heterocycles. The molecule has 180 valence electrons. The highest BCUT2D eigenvalue weighted by Gasteiger charge is 2.19. The molecule has 0 bridgehead atoms. The van der Waals surface area contributed by atoms with Crippen molar-refractivity contribution in [1.29, 1.82) is 0 Å². The van der Waals surface area contributed by atoms with Crippen LogP contribution in [0.2, 0.25) is 0 Å². The second kappa shape index (κ2) is 9.62. The van der Waals surface area contributed by atoms with E-state index in [0.29, 0.717) is 11.8 Å². The number of H-pyrrole nitrogens is 1. The van der Waals surface area contributed by atoms with Gasteiger partial charge in [-0.05, 0) is 50.3 Å². The van der Waals surface area contributed by atoms with Crippen molar-refractivity contribution >= 4 is 16.7 Å². The van der Waals surface area contributed by atoms with E-state index in [1.165, 1.54) is 12.8 Å². The number of hydrogen-bond donors (Lipinski definition) is 2. The molecule has 2 aliphatic rings. The lowest BCUT2D eigenvalue weighted by atomic mass is 10.0. The smallest absolute Gasteiger partial charge is 0.233 e. The third kappa shape index (κ3) is 4.71. The number of hydrogen-bond acceptors (Lipinski definition) is 7. The Kier molecular flexibility index (Phi) is 6.04. The molecule has 0 radical (unpaired) electrons. The number of anilines is 1. The number of fused-ring (bicyclic) bond motifs is 1. The summed E-state index contributed by atoms with van der Waals surface area (Å²) in [6.45, 7) is 6.30. The van der Waals surface area contributed by atoms with Gasteiger partial charge in [-0.25, -0.2) is 9.97 Å². The van der Waals surface area contributed by atoms with Crippen LogP contribution in [0.3, 0.4) is 0 Å². The molecule has 4 aromatic rings. The Bertz CT molecular complexity index is 1300. The molecule has 0 saturated carbocycles. The molecule has 0 spiro atoms. The Morgan fingerprint density at radius 2 is 2.00 bits per heavy atom. The van der Waals surface area contributed by atoms with Crippen molar-refractivity contribution < 1.29 is 4.74 Å². The number of piperidine rings is 2. The molecule has 5 heterocycles. The van der Waals surface area contributed by atoms with Gasteiger partial charge in [-0.15, -0.1) is 0 Å². The van der Waals surface area contributed by atoms with Crippen molar-refractivity contribution in [2.45, 2.75) is 38.7 Å². The number of aromatic amines is 1. The lowest BCUT2D eigenvalue weighted by Crippen LogP contribution is -2.37. The van der Waals surface area contributed by atoms with Crippen LogP contribution in [0.15, 0.2) is 49.2 Å². The van der Waals surface area contributed by atoms with E-state index in [0.717, 1.165) is 78.3 Å². The summed E-state index contributed by atoms with van der Waals surface area (Å²) in [7, 11) is 0. The second-order valence-corrected chi connectivity index (χ2v) is 9.74. The molecule has 1 aromatic carbocycles. The van der Waals surface area contributed by atoms with Gasteiger partial charge in [0, 0.05) is 47.9 Å². The van der Waals surface area contributed by atoms with E-state index in [1.54, 1.807) is 12.4 Å². The third-order valence-corrected chi connectivity index (χ3v) is 7.02. The first kappa shape index (κ1) is 22.0. The number of ether oxygens (including phenoxy) is 1. The monoisotopic (exact) mass is 469 g/mol. The zero-order valence-electron chi connectivity index (χ0n) is 20.1. The van der Waals surface area contributed by atoms with E-state index in [-0.39, 0.29) is 6.10 Å². The van der Waals surface area contributed by atoms with Gasteiger partial charge in [0.2, 0.25) is 5.88 Å². The Balaban J connectivity index is 1.26. The maximum Gasteiger partial charge on any atom is 0.233 e. The van der Waals surface area contributed by atoms with E-state index in [2.05, 4.69) is 45.3 Å². The van der Waals surface area contributed by atoms with Crippen molar-refractivity contribution in [1.82, 2.24) is 30.2 Å². The SMILES string of the molecule is C[C@@H]1CCCN(c2cnc(-c3ccc4[nH]cc(-c5cncc(O[C@@H]6CCCNC6)n5)c4c3)cn2)C1. The molecule has 2 aliphatic heterocycles. The predicted octanol–water partition coefficient (Wildman–Crippen LogP) is 4.45. The summed E-state index contributed by atoms with van der Waals surface area (Å²) < 4.78 is 6.10. The fourth-order valence-electron chi connectivity index (χ4n) is 5.15. The Hall–Kier alpha value is -3.52. The summed E-state index contributed by atoms with van der Waals surface area (Å²) in [5.41, 5.74) is 4.71. The minimum atomic E-state index is 0.137. The van der Waals surface area contributed by atoms with Crippen LogP contribution >= 0.6 is 0 Å². The highest BCUT2D eigenvalue weighted by Crippen LogP contribution is 2.32. The van der Waals surface area contributed by atoms with Crippen molar-refractivity contribution in [3.8, 4) is 28.4 Å². The Morgan fingerprint density at radius 3 is 2.83 bits per heavy atom. The molecule has 2 saturated heterocycles. The number of benzene rings is 1. The fraction of sp³-hybridized carbons (Fsp3) is 0.407. The summed E-state index contributed by atoms with van der Waals surface area (Å²) in [4.78, 5) is 24.4. The number of nitrogens with one attached hydrogen (secondary N) is 2. The number of rotatable bonds is 5. The van der Waals surface area contributed by atoms with Gasteiger partial charge in [0.1, 0.15) is 11.9 Å². The molecule has 2 N–H and O–H groups in total. The Morgan fingerprint density at radius 1 is 1.03 bits per heavy atom. The molecular weight excluding hydrogens is 438 g/mol. The summed E-state index contributed by atoms with van der Waals surface area (Å²) in [5, 5.41) is 4.45. The van der Waals surface area contributed by atoms with Gasteiger partial charge in [0.25, 0.3) is 0 Å². The molecule has 8 nitrogen and oxygen atoms in total. The van der Waals surface area contributed by atoms with Crippen molar-refractivity contribution in [3.63, 3.8) is 0 Å². The first-order chi connectivity index (χ1) is 17.2. The standard InChI is InChI=1S/C27H31N7O/c1-18-4-3-9-34(17-18)26-15-31-24(14-32-26)19-6-7-23-21(10-19)22(12-30-23)25-13-29-16-27(33-25)35-20-5-2-8-28-11-20/h6-7,10,12-16,18,20,28,30H,2-5,8-9,11,17H2,1H3/t18-,20-/m1/s1. The summed E-state index contributed by atoms with van der Waals surface area (Å²) >= 11 is 0. The molecule has 35 heavy (non-hydrogen) atoms. The van der Waals surface area contributed by atoms with Gasteiger partial charge in [-0.2, -0.15) is 0 Å². The zero-order valence-corrected chi connectivity index (χ0v) is 20.1. The van der Waals surface area contributed by atoms with Gasteiger partial charge in [0.05, 0.1) is 36.2 Å². The fourth-order valence-corrected chi connectivity index (χ4v) is 5.15. The van der Waals surface area contributed by atoms with Gasteiger partial charge in [0.15, 0.2) is 0 Å². The first-order valence-electron chi connectivity index (χ1n) is 12.6. The summed E-state index contributed by atoms with van der Waals surface area (Å²) in [6.07, 6.45) is 14.0. The molecule has 0 aliphatic carbocycles. The molecule has 2 fully saturated rings. The first-order valence-corrected chi connectivity index (χ1v) is 12.6. The van der Waals surface area contributed by atoms with Crippen LogP contribution in [0.4, 0.5) is 5.82 Å². The van der Waals surface area contributed by atoms with Crippen LogP contribution in [0.25, 0.3) is 33.4 Å². The maximum absolute atomic E-state index is 6.10. The van der Waals surface area contributed by atoms with E-state index in [9.17, 15) is 0 Å². The number of aromatic nitrogens is 5. The van der Waals surface area contributed by atoms with E-state index in [1.807, 2.05) is 18.6 Å². The second-order valence-electron chi connectivity index (χ2n) is 9.74. The molecule has 8 heteroatoms. The topological polar surface area (TPSA) is 91.9 Å². The zero-order chi connectivity index (χ0) is 23.6. The van der Waals surface area contributed by atoms with Crippen molar-refractivity contribution in [2.75, 3.05) is 31.1 Å².